The summed E-state index contributed by atoms with van der Waals surface area (Å²) in [5.41, 5.74) is 0.907. The molecule has 5 heteroatoms. The lowest BCUT2D eigenvalue weighted by Crippen LogP contribution is -2.31. The average molecular weight is 278 g/mol. The second-order valence-electron chi connectivity index (χ2n) is 4.37. The lowest BCUT2D eigenvalue weighted by molar-refractivity contribution is -0.134. The lowest BCUT2D eigenvalue weighted by Gasteiger charge is -2.18. The Morgan fingerprint density at radius 1 is 1.32 bits per heavy atom. The Morgan fingerprint density at radius 3 is 3.00 bits per heavy atom. The highest BCUT2D eigenvalue weighted by atomic mass is 35.5. The number of carbonyl (C=O) groups is 1. The van der Waals surface area contributed by atoms with Crippen LogP contribution in [0, 0.1) is 0 Å². The van der Waals surface area contributed by atoms with Crippen LogP contribution >= 0.6 is 11.6 Å². The van der Waals surface area contributed by atoms with E-state index >= 15 is 0 Å². The summed E-state index contributed by atoms with van der Waals surface area (Å²) in [6.45, 7) is 0.936. The second-order valence-corrected chi connectivity index (χ2v) is 4.81. The first-order valence-electron chi connectivity index (χ1n) is 5.94. The van der Waals surface area contributed by atoms with E-state index in [4.69, 9.17) is 20.8 Å². The second kappa shape index (κ2) is 4.97. The molecule has 0 unspecified atom stereocenters. The van der Waals surface area contributed by atoms with Crippen molar-refractivity contribution in [2.45, 2.75) is 13.1 Å². The maximum atomic E-state index is 12.0. The Kier molecular flexibility index (Phi) is 3.17. The highest BCUT2D eigenvalue weighted by molar-refractivity contribution is 6.30. The first-order chi connectivity index (χ1) is 9.22. The van der Waals surface area contributed by atoms with Crippen LogP contribution in [0.1, 0.15) is 11.3 Å². The molecule has 3 rings (SSSR count). The number of ether oxygens (including phenoxy) is 1. The molecule has 2 aromatic rings. The van der Waals surface area contributed by atoms with Crippen LogP contribution in [0.2, 0.25) is 5.02 Å². The van der Waals surface area contributed by atoms with E-state index in [0.29, 0.717) is 23.9 Å². The van der Waals surface area contributed by atoms with Gasteiger partial charge in [-0.1, -0.05) is 11.6 Å². The number of hydrogen-bond acceptors (Lipinski definition) is 3. The molecule has 1 aliphatic heterocycles. The summed E-state index contributed by atoms with van der Waals surface area (Å²) < 4.78 is 10.8. The summed E-state index contributed by atoms with van der Waals surface area (Å²) in [6, 6.07) is 9.02. The fourth-order valence-corrected chi connectivity index (χ4v) is 2.27. The molecule has 98 valence electrons. The molecule has 1 aromatic heterocycles. The minimum atomic E-state index is -0.0660. The van der Waals surface area contributed by atoms with E-state index in [1.54, 1.807) is 29.4 Å². The van der Waals surface area contributed by atoms with Crippen LogP contribution in [0.4, 0.5) is 0 Å². The number of benzene rings is 1. The van der Waals surface area contributed by atoms with Gasteiger partial charge in [0, 0.05) is 17.1 Å². The van der Waals surface area contributed by atoms with Gasteiger partial charge in [-0.05, 0) is 30.3 Å². The molecule has 19 heavy (non-hydrogen) atoms. The molecule has 1 aromatic carbocycles. The van der Waals surface area contributed by atoms with Gasteiger partial charge in [0.2, 0.25) is 0 Å². The zero-order chi connectivity index (χ0) is 13.2. The average Bonchev–Trinajstić information content (AvgIpc) is 2.84. The molecule has 1 amide bonds. The zero-order valence-corrected chi connectivity index (χ0v) is 10.9. The van der Waals surface area contributed by atoms with Crippen molar-refractivity contribution in [3.8, 4) is 5.75 Å². The molecule has 0 spiro atoms. The SMILES string of the molecule is O=C1COc2ccc(Cl)cc2CN1Cc1ccco1. The maximum absolute atomic E-state index is 12.0. The monoisotopic (exact) mass is 277 g/mol. The van der Waals surface area contributed by atoms with Crippen LogP contribution < -0.4 is 4.74 Å². The number of nitrogens with zero attached hydrogens (tertiary/aromatic N) is 1. The number of halogens is 1. The highest BCUT2D eigenvalue weighted by Gasteiger charge is 2.22. The van der Waals surface area contributed by atoms with Crippen molar-refractivity contribution >= 4 is 17.5 Å². The standard InChI is InChI=1S/C14H12ClNO3/c15-11-3-4-13-10(6-11)7-16(14(17)9-19-13)8-12-2-1-5-18-12/h1-6H,7-9H2. The molecule has 0 fully saturated rings. The van der Waals surface area contributed by atoms with Crippen molar-refractivity contribution in [1.29, 1.82) is 0 Å². The third-order valence-electron chi connectivity index (χ3n) is 3.01. The van der Waals surface area contributed by atoms with Gasteiger partial charge in [0.15, 0.2) is 6.61 Å². The smallest absolute Gasteiger partial charge is 0.261 e. The Balaban J connectivity index is 1.86. The Bertz CT molecular complexity index is 595. The van der Waals surface area contributed by atoms with Gasteiger partial charge in [0.1, 0.15) is 11.5 Å². The molecule has 0 atom stereocenters. The number of rotatable bonds is 2. The van der Waals surface area contributed by atoms with Gasteiger partial charge in [-0.2, -0.15) is 0 Å². The Hall–Kier alpha value is -1.94. The lowest BCUT2D eigenvalue weighted by atomic mass is 10.2. The van der Waals surface area contributed by atoms with E-state index in [1.165, 1.54) is 0 Å². The molecule has 0 saturated carbocycles. The number of carbonyl (C=O) groups excluding carboxylic acids is 1. The Labute approximate surface area is 115 Å². The predicted octanol–water partition coefficient (Wildman–Crippen LogP) is 2.85. The third kappa shape index (κ3) is 2.58. The first-order valence-corrected chi connectivity index (χ1v) is 6.31. The zero-order valence-electron chi connectivity index (χ0n) is 10.1. The maximum Gasteiger partial charge on any atom is 0.261 e. The van der Waals surface area contributed by atoms with Gasteiger partial charge in [-0.15, -0.1) is 0 Å². The quantitative estimate of drug-likeness (QED) is 0.848. The van der Waals surface area contributed by atoms with Crippen LogP contribution in [0.25, 0.3) is 0 Å². The summed E-state index contributed by atoms with van der Waals surface area (Å²) in [6.07, 6.45) is 1.60. The summed E-state index contributed by atoms with van der Waals surface area (Å²) in [7, 11) is 0. The molecule has 2 heterocycles. The van der Waals surface area contributed by atoms with Crippen LogP contribution in [0.3, 0.4) is 0 Å². The van der Waals surface area contributed by atoms with Crippen molar-refractivity contribution in [2.75, 3.05) is 6.61 Å². The molecule has 0 saturated heterocycles. The molecule has 0 radical (unpaired) electrons. The predicted molar refractivity (Wildman–Crippen MR) is 69.9 cm³/mol. The number of furan rings is 1. The fourth-order valence-electron chi connectivity index (χ4n) is 2.07. The minimum absolute atomic E-state index is 0.0370. The number of fused-ring (bicyclic) bond motifs is 1. The van der Waals surface area contributed by atoms with Gasteiger partial charge in [-0.3, -0.25) is 4.79 Å². The van der Waals surface area contributed by atoms with Crippen LogP contribution in [0.15, 0.2) is 41.0 Å². The molecule has 4 nitrogen and oxygen atoms in total. The molecule has 0 bridgehead atoms. The number of hydrogen-bond donors (Lipinski definition) is 0. The number of amides is 1. The summed E-state index contributed by atoms with van der Waals surface area (Å²) in [4.78, 5) is 13.7. The van der Waals surface area contributed by atoms with Gasteiger partial charge in [0.25, 0.3) is 5.91 Å². The summed E-state index contributed by atoms with van der Waals surface area (Å²) >= 11 is 5.98. The normalized spacial score (nSPS) is 14.8. The van der Waals surface area contributed by atoms with Gasteiger partial charge >= 0.3 is 0 Å². The summed E-state index contributed by atoms with van der Waals surface area (Å²) in [5, 5.41) is 0.634. The molecular formula is C14H12ClNO3. The van der Waals surface area contributed by atoms with Gasteiger partial charge < -0.3 is 14.1 Å². The third-order valence-corrected chi connectivity index (χ3v) is 3.25. The Morgan fingerprint density at radius 2 is 2.21 bits per heavy atom. The van der Waals surface area contributed by atoms with Crippen molar-refractivity contribution in [3.63, 3.8) is 0 Å². The van der Waals surface area contributed by atoms with E-state index < -0.39 is 0 Å². The van der Waals surface area contributed by atoms with E-state index in [0.717, 1.165) is 11.3 Å². The molecule has 0 aliphatic carbocycles. The van der Waals surface area contributed by atoms with Crippen molar-refractivity contribution in [2.24, 2.45) is 0 Å². The van der Waals surface area contributed by atoms with Crippen LogP contribution in [0.5, 0.6) is 5.75 Å². The van der Waals surface area contributed by atoms with Gasteiger partial charge in [-0.25, -0.2) is 0 Å². The minimum Gasteiger partial charge on any atom is -0.483 e. The van der Waals surface area contributed by atoms with E-state index in [2.05, 4.69) is 0 Å². The molecular weight excluding hydrogens is 266 g/mol. The van der Waals surface area contributed by atoms with E-state index in [1.807, 2.05) is 12.1 Å². The fraction of sp³-hybridized carbons (Fsp3) is 0.214. The topological polar surface area (TPSA) is 42.7 Å². The van der Waals surface area contributed by atoms with Crippen molar-refractivity contribution in [3.05, 3.63) is 52.9 Å². The molecule has 1 aliphatic rings. The van der Waals surface area contributed by atoms with E-state index in [9.17, 15) is 4.79 Å². The van der Waals surface area contributed by atoms with Crippen molar-refractivity contribution in [1.82, 2.24) is 4.90 Å². The molecule has 0 N–H and O–H groups in total. The van der Waals surface area contributed by atoms with Gasteiger partial charge in [0.05, 0.1) is 12.8 Å². The van der Waals surface area contributed by atoms with Crippen LogP contribution in [-0.4, -0.2) is 17.4 Å². The van der Waals surface area contributed by atoms with Crippen molar-refractivity contribution < 1.29 is 13.9 Å². The summed E-state index contributed by atoms with van der Waals surface area (Å²) in [5.74, 6) is 1.39. The van der Waals surface area contributed by atoms with E-state index in [-0.39, 0.29) is 12.5 Å². The first kappa shape index (κ1) is 12.1. The largest absolute Gasteiger partial charge is 0.483 e. The van der Waals surface area contributed by atoms with Crippen LogP contribution in [-0.2, 0) is 17.9 Å². The highest BCUT2D eigenvalue weighted by Crippen LogP contribution is 2.27.